The van der Waals surface area contributed by atoms with E-state index < -0.39 is 11.2 Å². The van der Waals surface area contributed by atoms with Crippen molar-refractivity contribution in [2.24, 2.45) is 5.73 Å². The molecule has 3 rings (SSSR count). The van der Waals surface area contributed by atoms with Crippen LogP contribution >= 0.6 is 46.6 Å². The van der Waals surface area contributed by atoms with Crippen LogP contribution in [0.1, 0.15) is 5.56 Å². The van der Waals surface area contributed by atoms with Crippen molar-refractivity contribution >= 4 is 64.1 Å². The summed E-state index contributed by atoms with van der Waals surface area (Å²) in [6.07, 6.45) is 0.272. The Morgan fingerprint density at radius 2 is 1.79 bits per heavy atom. The van der Waals surface area contributed by atoms with E-state index in [1.807, 2.05) is 0 Å². The van der Waals surface area contributed by atoms with E-state index in [1.54, 1.807) is 48.5 Å². The average Bonchev–Trinajstić information content (AvgIpc) is 2.95. The predicted octanol–water partition coefficient (Wildman–Crippen LogP) is 4.56. The molecule has 0 unspecified atom stereocenters. The molecule has 2 amide bonds. The summed E-state index contributed by atoms with van der Waals surface area (Å²) in [4.78, 5) is 26.2. The van der Waals surface area contributed by atoms with Gasteiger partial charge in [-0.15, -0.1) is 0 Å². The largest absolute Gasteiger partial charge is 0.365 e. The molecule has 1 aliphatic rings. The second-order valence-electron chi connectivity index (χ2n) is 5.85. The average molecular weight is 453 g/mol. The quantitative estimate of drug-likeness (QED) is 0.544. The van der Waals surface area contributed by atoms with E-state index in [1.165, 1.54) is 4.90 Å². The third kappa shape index (κ3) is 4.13. The molecule has 0 saturated carbocycles. The molecule has 5 nitrogen and oxygen atoms in total. The van der Waals surface area contributed by atoms with Crippen LogP contribution in [0.2, 0.25) is 15.1 Å². The third-order valence-electron chi connectivity index (χ3n) is 4.02. The molecule has 9 heteroatoms. The lowest BCUT2D eigenvalue weighted by atomic mass is 10.1. The Bertz CT molecular complexity index is 1030. The molecule has 28 heavy (non-hydrogen) atoms. The molecular weight excluding hydrogens is 441 g/mol. The summed E-state index contributed by atoms with van der Waals surface area (Å²) in [5.74, 6) is -1.20. The number of anilines is 1. The topological polar surface area (TPSA) is 87.2 Å². The van der Waals surface area contributed by atoms with Crippen molar-refractivity contribution in [3.8, 4) is 6.07 Å². The van der Waals surface area contributed by atoms with Crippen molar-refractivity contribution < 1.29 is 9.59 Å². The van der Waals surface area contributed by atoms with Gasteiger partial charge in [0.2, 0.25) is 5.91 Å². The van der Waals surface area contributed by atoms with Crippen LogP contribution in [-0.2, 0) is 16.0 Å². The minimum atomic E-state index is -0.904. The number of amides is 2. The van der Waals surface area contributed by atoms with Crippen molar-refractivity contribution in [3.63, 3.8) is 0 Å². The van der Waals surface area contributed by atoms with Crippen molar-refractivity contribution in [1.82, 2.24) is 0 Å². The van der Waals surface area contributed by atoms with Crippen molar-refractivity contribution in [1.29, 1.82) is 5.26 Å². The number of nitriles is 1. The van der Waals surface area contributed by atoms with Crippen molar-refractivity contribution in [2.45, 2.75) is 11.7 Å². The molecule has 0 spiro atoms. The van der Waals surface area contributed by atoms with Gasteiger partial charge in [-0.25, -0.2) is 0 Å². The monoisotopic (exact) mass is 451 g/mol. The zero-order valence-electron chi connectivity index (χ0n) is 14.2. The van der Waals surface area contributed by atoms with Gasteiger partial charge >= 0.3 is 0 Å². The minimum absolute atomic E-state index is 0.186. The van der Waals surface area contributed by atoms with Gasteiger partial charge in [0.05, 0.1) is 5.25 Å². The SMILES string of the molecule is N#C/C(C(N)=O)=C1\S[C@@H](Cc2cc(Cl)ccc2Cl)C(=O)N1c1ccc(Cl)cc1. The Morgan fingerprint density at radius 3 is 2.39 bits per heavy atom. The molecular formula is C19H12Cl3N3O2S. The molecule has 0 radical (unpaired) electrons. The highest BCUT2D eigenvalue weighted by molar-refractivity contribution is 8.05. The summed E-state index contributed by atoms with van der Waals surface area (Å²) < 4.78 is 0. The molecule has 0 bridgehead atoms. The molecule has 0 aliphatic carbocycles. The Balaban J connectivity index is 2.05. The number of nitrogens with two attached hydrogens (primary N) is 1. The van der Waals surface area contributed by atoms with Crippen LogP contribution < -0.4 is 10.6 Å². The number of carbonyl (C=O) groups is 2. The van der Waals surface area contributed by atoms with Gasteiger partial charge < -0.3 is 5.73 Å². The zero-order valence-corrected chi connectivity index (χ0v) is 17.2. The van der Waals surface area contributed by atoms with Crippen LogP contribution in [0.4, 0.5) is 5.69 Å². The summed E-state index contributed by atoms with van der Waals surface area (Å²) >= 11 is 19.3. The van der Waals surface area contributed by atoms with E-state index >= 15 is 0 Å². The van der Waals surface area contributed by atoms with Gasteiger partial charge in [0.25, 0.3) is 5.91 Å². The maximum Gasteiger partial charge on any atom is 0.262 e. The number of rotatable bonds is 4. The van der Waals surface area contributed by atoms with Gasteiger partial charge in [-0.05, 0) is 54.4 Å². The first kappa shape index (κ1) is 20.6. The van der Waals surface area contributed by atoms with Crippen LogP contribution in [0.25, 0.3) is 0 Å². The summed E-state index contributed by atoms with van der Waals surface area (Å²) in [5, 5.41) is 10.4. The summed E-state index contributed by atoms with van der Waals surface area (Å²) in [5.41, 5.74) is 6.23. The number of nitrogens with zero attached hydrogens (tertiary/aromatic N) is 2. The second-order valence-corrected chi connectivity index (χ2v) is 8.32. The minimum Gasteiger partial charge on any atom is -0.365 e. The van der Waals surface area contributed by atoms with Crippen LogP contribution in [0, 0.1) is 11.3 Å². The molecule has 2 aromatic rings. The fourth-order valence-electron chi connectivity index (χ4n) is 2.72. The maximum absolute atomic E-state index is 13.1. The van der Waals surface area contributed by atoms with E-state index in [4.69, 9.17) is 40.5 Å². The number of hydrogen-bond donors (Lipinski definition) is 1. The molecule has 1 atom stereocenters. The Labute approximate surface area is 180 Å². The molecule has 1 saturated heterocycles. The zero-order chi connectivity index (χ0) is 20.4. The highest BCUT2D eigenvalue weighted by Crippen LogP contribution is 2.42. The lowest BCUT2D eigenvalue weighted by Gasteiger charge is -2.18. The first-order valence-electron chi connectivity index (χ1n) is 7.96. The van der Waals surface area contributed by atoms with Gasteiger partial charge in [0.15, 0.2) is 0 Å². The van der Waals surface area contributed by atoms with Crippen LogP contribution in [0.5, 0.6) is 0 Å². The van der Waals surface area contributed by atoms with Crippen LogP contribution in [0.3, 0.4) is 0 Å². The van der Waals surface area contributed by atoms with E-state index in [2.05, 4.69) is 0 Å². The predicted molar refractivity (Wildman–Crippen MR) is 112 cm³/mol. The molecule has 0 aromatic heterocycles. The lowest BCUT2D eigenvalue weighted by Crippen LogP contribution is -2.31. The summed E-state index contributed by atoms with van der Waals surface area (Å²) in [6, 6.07) is 13.3. The molecule has 142 valence electrons. The molecule has 1 heterocycles. The van der Waals surface area contributed by atoms with Crippen LogP contribution in [0.15, 0.2) is 53.1 Å². The van der Waals surface area contributed by atoms with Gasteiger partial charge in [0, 0.05) is 20.8 Å². The highest BCUT2D eigenvalue weighted by atomic mass is 35.5. The first-order valence-corrected chi connectivity index (χ1v) is 9.97. The molecule has 1 aliphatic heterocycles. The first-order chi connectivity index (χ1) is 13.3. The number of halogens is 3. The lowest BCUT2D eigenvalue weighted by molar-refractivity contribution is -0.117. The number of thioether (sulfide) groups is 1. The summed E-state index contributed by atoms with van der Waals surface area (Å²) in [6.45, 7) is 0. The normalized spacial score (nSPS) is 18.1. The molecule has 1 fully saturated rings. The second kappa shape index (κ2) is 8.46. The summed E-state index contributed by atoms with van der Waals surface area (Å²) in [7, 11) is 0. The maximum atomic E-state index is 13.1. The van der Waals surface area contributed by atoms with Crippen LogP contribution in [-0.4, -0.2) is 17.1 Å². The Hall–Kier alpha value is -2.17. The van der Waals surface area contributed by atoms with Gasteiger partial charge in [-0.3, -0.25) is 14.5 Å². The van der Waals surface area contributed by atoms with Crippen molar-refractivity contribution in [3.05, 3.63) is 73.7 Å². The van der Waals surface area contributed by atoms with E-state index in [9.17, 15) is 14.9 Å². The Kier molecular flexibility index (Phi) is 6.21. The smallest absolute Gasteiger partial charge is 0.262 e. The van der Waals surface area contributed by atoms with E-state index in [-0.39, 0.29) is 22.9 Å². The number of carbonyl (C=O) groups excluding carboxylic acids is 2. The van der Waals surface area contributed by atoms with Gasteiger partial charge in [-0.2, -0.15) is 5.26 Å². The fraction of sp³-hybridized carbons (Fsp3) is 0.105. The molecule has 2 aromatic carbocycles. The molecule has 2 N–H and O–H groups in total. The van der Waals surface area contributed by atoms with Crippen molar-refractivity contribution in [2.75, 3.05) is 4.90 Å². The fourth-order valence-corrected chi connectivity index (χ4v) is 4.54. The number of primary amides is 1. The Morgan fingerprint density at radius 1 is 1.14 bits per heavy atom. The van der Waals surface area contributed by atoms with E-state index in [0.717, 1.165) is 11.8 Å². The number of hydrogen-bond acceptors (Lipinski definition) is 4. The van der Waals surface area contributed by atoms with Gasteiger partial charge in [0.1, 0.15) is 16.7 Å². The van der Waals surface area contributed by atoms with E-state index in [0.29, 0.717) is 26.3 Å². The standard InChI is InChI=1S/C19H12Cl3N3O2S/c20-11-1-4-13(5-2-11)25-18(27)16(28-19(25)14(9-23)17(24)26)8-10-7-12(21)3-6-15(10)22/h1-7,16H,8H2,(H2,24,26)/b19-14+/t16-/m0/s1. The van der Waals surface area contributed by atoms with Gasteiger partial charge in [-0.1, -0.05) is 46.6 Å². The highest BCUT2D eigenvalue weighted by Gasteiger charge is 2.40. The third-order valence-corrected chi connectivity index (χ3v) is 6.14. The number of benzene rings is 2.